The number of hydrogen-bond donors (Lipinski definition) is 1. The van der Waals surface area contributed by atoms with Gasteiger partial charge in [-0.15, -0.1) is 0 Å². The van der Waals surface area contributed by atoms with Crippen molar-refractivity contribution in [1.29, 1.82) is 0 Å². The van der Waals surface area contributed by atoms with Crippen molar-refractivity contribution in [3.63, 3.8) is 0 Å². The summed E-state index contributed by atoms with van der Waals surface area (Å²) in [5.74, 6) is 1.21. The Morgan fingerprint density at radius 2 is 2.47 bits per heavy atom. The molecule has 0 bridgehead atoms. The molecule has 1 aliphatic rings. The standard InChI is InChI=1S/C12H18N2O3/c1-2-15-11-4-3-5-14-12(11)17-9-10-8-13-6-7-16-10/h3-5,10,13H,2,6-9H2,1H3. The van der Waals surface area contributed by atoms with Gasteiger partial charge in [0, 0.05) is 19.3 Å². The molecule has 17 heavy (non-hydrogen) atoms. The first-order valence-corrected chi connectivity index (χ1v) is 5.93. The van der Waals surface area contributed by atoms with Crippen LogP contribution in [0.25, 0.3) is 0 Å². The number of nitrogens with zero attached hydrogens (tertiary/aromatic N) is 1. The molecule has 0 spiro atoms. The maximum atomic E-state index is 5.63. The van der Waals surface area contributed by atoms with Gasteiger partial charge in [0.05, 0.1) is 13.2 Å². The summed E-state index contributed by atoms with van der Waals surface area (Å²) in [5, 5.41) is 3.25. The number of ether oxygens (including phenoxy) is 3. The smallest absolute Gasteiger partial charge is 0.257 e. The lowest BCUT2D eigenvalue weighted by molar-refractivity contribution is -0.00135. The predicted octanol–water partition coefficient (Wildman–Crippen LogP) is 0.847. The fraction of sp³-hybridized carbons (Fsp3) is 0.583. The normalized spacial score (nSPS) is 19.9. The molecule has 0 saturated carbocycles. The minimum absolute atomic E-state index is 0.0835. The Bertz CT molecular complexity index is 340. The van der Waals surface area contributed by atoms with E-state index in [2.05, 4.69) is 10.3 Å². The third-order valence-electron chi connectivity index (χ3n) is 2.45. The average Bonchev–Trinajstić information content (AvgIpc) is 2.39. The topological polar surface area (TPSA) is 52.6 Å². The van der Waals surface area contributed by atoms with E-state index in [9.17, 15) is 0 Å². The van der Waals surface area contributed by atoms with Gasteiger partial charge in [0.2, 0.25) is 0 Å². The molecule has 1 atom stereocenters. The molecule has 1 aromatic heterocycles. The highest BCUT2D eigenvalue weighted by Gasteiger charge is 2.15. The largest absolute Gasteiger partial charge is 0.488 e. The fourth-order valence-corrected chi connectivity index (χ4v) is 1.65. The minimum atomic E-state index is 0.0835. The molecule has 94 valence electrons. The van der Waals surface area contributed by atoms with Crippen molar-refractivity contribution in [2.75, 3.05) is 32.9 Å². The zero-order valence-electron chi connectivity index (χ0n) is 10.0. The summed E-state index contributed by atoms with van der Waals surface area (Å²) in [6.45, 7) is 5.48. The maximum absolute atomic E-state index is 5.63. The Kier molecular flexibility index (Phi) is 4.58. The molecule has 1 unspecified atom stereocenters. The van der Waals surface area contributed by atoms with E-state index in [1.54, 1.807) is 6.20 Å². The van der Waals surface area contributed by atoms with Crippen molar-refractivity contribution in [3.8, 4) is 11.6 Å². The summed E-state index contributed by atoms with van der Waals surface area (Å²) in [7, 11) is 0. The second kappa shape index (κ2) is 6.42. The first-order valence-electron chi connectivity index (χ1n) is 5.93. The summed E-state index contributed by atoms with van der Waals surface area (Å²) in [5.41, 5.74) is 0. The van der Waals surface area contributed by atoms with Crippen molar-refractivity contribution in [2.45, 2.75) is 13.0 Å². The molecule has 0 aliphatic carbocycles. The van der Waals surface area contributed by atoms with E-state index in [1.807, 2.05) is 19.1 Å². The Morgan fingerprint density at radius 3 is 3.24 bits per heavy atom. The van der Waals surface area contributed by atoms with Crippen LogP contribution in [-0.2, 0) is 4.74 Å². The number of morpholine rings is 1. The van der Waals surface area contributed by atoms with Crippen LogP contribution >= 0.6 is 0 Å². The molecule has 1 N–H and O–H groups in total. The van der Waals surface area contributed by atoms with Crippen LogP contribution in [0.1, 0.15) is 6.92 Å². The van der Waals surface area contributed by atoms with Crippen LogP contribution in [0.5, 0.6) is 11.6 Å². The van der Waals surface area contributed by atoms with Gasteiger partial charge in [0.25, 0.3) is 5.88 Å². The monoisotopic (exact) mass is 238 g/mol. The number of aromatic nitrogens is 1. The highest BCUT2D eigenvalue weighted by atomic mass is 16.6. The van der Waals surface area contributed by atoms with E-state index >= 15 is 0 Å². The Labute approximate surface area is 101 Å². The number of hydrogen-bond acceptors (Lipinski definition) is 5. The van der Waals surface area contributed by atoms with Gasteiger partial charge in [-0.2, -0.15) is 0 Å². The summed E-state index contributed by atoms with van der Waals surface area (Å²) in [6.07, 6.45) is 1.78. The lowest BCUT2D eigenvalue weighted by Crippen LogP contribution is -2.41. The first-order chi connectivity index (χ1) is 8.40. The van der Waals surface area contributed by atoms with Crippen molar-refractivity contribution in [3.05, 3.63) is 18.3 Å². The van der Waals surface area contributed by atoms with E-state index < -0.39 is 0 Å². The molecule has 0 radical (unpaired) electrons. The van der Waals surface area contributed by atoms with E-state index in [-0.39, 0.29) is 6.10 Å². The van der Waals surface area contributed by atoms with E-state index in [4.69, 9.17) is 14.2 Å². The molecule has 0 amide bonds. The van der Waals surface area contributed by atoms with Crippen molar-refractivity contribution >= 4 is 0 Å². The van der Waals surface area contributed by atoms with Crippen molar-refractivity contribution in [2.24, 2.45) is 0 Å². The summed E-state index contributed by atoms with van der Waals surface area (Å²) < 4.78 is 16.6. The van der Waals surface area contributed by atoms with Crippen LogP contribution in [0.2, 0.25) is 0 Å². The van der Waals surface area contributed by atoms with Gasteiger partial charge in [0.15, 0.2) is 5.75 Å². The van der Waals surface area contributed by atoms with Crippen LogP contribution in [0.15, 0.2) is 18.3 Å². The van der Waals surface area contributed by atoms with Gasteiger partial charge in [-0.25, -0.2) is 4.98 Å². The Balaban J connectivity index is 1.88. The number of nitrogens with one attached hydrogen (secondary N) is 1. The third-order valence-corrected chi connectivity index (χ3v) is 2.45. The Hall–Kier alpha value is -1.33. The van der Waals surface area contributed by atoms with E-state index in [0.717, 1.165) is 19.7 Å². The number of pyridine rings is 1. The zero-order chi connectivity index (χ0) is 11.9. The van der Waals surface area contributed by atoms with E-state index in [1.165, 1.54) is 0 Å². The van der Waals surface area contributed by atoms with Crippen molar-refractivity contribution < 1.29 is 14.2 Å². The molecule has 5 heteroatoms. The van der Waals surface area contributed by atoms with Crippen LogP contribution < -0.4 is 14.8 Å². The van der Waals surface area contributed by atoms with Crippen LogP contribution in [0, 0.1) is 0 Å². The molecular formula is C12H18N2O3. The molecule has 1 aliphatic heterocycles. The van der Waals surface area contributed by atoms with Gasteiger partial charge in [0.1, 0.15) is 12.7 Å². The van der Waals surface area contributed by atoms with Gasteiger partial charge in [-0.05, 0) is 19.1 Å². The molecule has 5 nitrogen and oxygen atoms in total. The van der Waals surface area contributed by atoms with Crippen molar-refractivity contribution in [1.82, 2.24) is 10.3 Å². The Morgan fingerprint density at radius 1 is 1.53 bits per heavy atom. The van der Waals surface area contributed by atoms with Gasteiger partial charge in [-0.3, -0.25) is 0 Å². The summed E-state index contributed by atoms with van der Waals surface area (Å²) in [4.78, 5) is 4.16. The van der Waals surface area contributed by atoms with Gasteiger partial charge in [-0.1, -0.05) is 0 Å². The van der Waals surface area contributed by atoms with Gasteiger partial charge < -0.3 is 19.5 Å². The average molecular weight is 238 g/mol. The number of rotatable bonds is 5. The second-order valence-corrected chi connectivity index (χ2v) is 3.75. The molecule has 1 aromatic rings. The second-order valence-electron chi connectivity index (χ2n) is 3.75. The maximum Gasteiger partial charge on any atom is 0.257 e. The molecule has 2 rings (SSSR count). The highest BCUT2D eigenvalue weighted by molar-refractivity contribution is 5.32. The van der Waals surface area contributed by atoms with E-state index in [0.29, 0.717) is 24.8 Å². The third kappa shape index (κ3) is 3.57. The SMILES string of the molecule is CCOc1cccnc1OCC1CNCCO1. The highest BCUT2D eigenvalue weighted by Crippen LogP contribution is 2.23. The fourth-order valence-electron chi connectivity index (χ4n) is 1.65. The van der Waals surface area contributed by atoms with Crippen LogP contribution in [0.3, 0.4) is 0 Å². The molecule has 1 saturated heterocycles. The van der Waals surface area contributed by atoms with Gasteiger partial charge >= 0.3 is 0 Å². The lowest BCUT2D eigenvalue weighted by Gasteiger charge is -2.23. The molecule has 1 fully saturated rings. The quantitative estimate of drug-likeness (QED) is 0.824. The molecular weight excluding hydrogens is 220 g/mol. The summed E-state index contributed by atoms with van der Waals surface area (Å²) in [6, 6.07) is 3.68. The minimum Gasteiger partial charge on any atom is -0.488 e. The lowest BCUT2D eigenvalue weighted by atomic mass is 10.3. The first kappa shape index (κ1) is 12.1. The molecule has 2 heterocycles. The van der Waals surface area contributed by atoms with Crippen LogP contribution in [-0.4, -0.2) is 44.0 Å². The summed E-state index contributed by atoms with van der Waals surface area (Å²) >= 11 is 0. The molecule has 0 aromatic carbocycles. The van der Waals surface area contributed by atoms with Crippen LogP contribution in [0.4, 0.5) is 0 Å². The zero-order valence-corrected chi connectivity index (χ0v) is 10.0. The predicted molar refractivity (Wildman–Crippen MR) is 63.5 cm³/mol.